The number of hydrogen-bond acceptors (Lipinski definition) is 6. The summed E-state index contributed by atoms with van der Waals surface area (Å²) in [5.74, 6) is -1.86. The van der Waals surface area contributed by atoms with Crippen molar-refractivity contribution in [2.75, 3.05) is 12.0 Å². The highest BCUT2D eigenvalue weighted by Gasteiger charge is 2.48. The molecule has 1 saturated heterocycles. The van der Waals surface area contributed by atoms with Crippen LogP contribution in [0.5, 0.6) is 5.75 Å². The molecule has 0 radical (unpaired) electrons. The maximum Gasteiger partial charge on any atom is 0.301 e. The molecular weight excluding hydrogens is 403 g/mol. The van der Waals surface area contributed by atoms with E-state index in [0.29, 0.717) is 17.1 Å². The lowest BCUT2D eigenvalue weighted by Crippen LogP contribution is -2.30. The Morgan fingerprint density at radius 3 is 2.52 bits per heavy atom. The van der Waals surface area contributed by atoms with Crippen molar-refractivity contribution >= 4 is 23.3 Å². The van der Waals surface area contributed by atoms with Crippen LogP contribution in [-0.4, -0.2) is 29.1 Å². The van der Waals surface area contributed by atoms with Crippen LogP contribution >= 0.6 is 0 Å². The summed E-state index contributed by atoms with van der Waals surface area (Å²) in [7, 11) is 1.52. The first-order valence-corrected chi connectivity index (χ1v) is 9.47. The smallest absolute Gasteiger partial charge is 0.301 e. The first-order valence-electron chi connectivity index (χ1n) is 9.47. The standard InChI is InChI=1S/C23H19FN2O5/c1-12-10-14(8-9-17(12)30-3)21(27)19-20(15-6-4-5-7-16(15)24)26(23(29)22(19)28)18-11-13(2)31-25-18/h4-11,20,27H,1-3H3/t20-/m0/s1. The molecule has 0 saturated carbocycles. The van der Waals surface area contributed by atoms with Gasteiger partial charge >= 0.3 is 5.91 Å². The Hall–Kier alpha value is -3.94. The predicted molar refractivity (Wildman–Crippen MR) is 110 cm³/mol. The van der Waals surface area contributed by atoms with Crippen molar-refractivity contribution in [3.05, 3.63) is 82.4 Å². The zero-order valence-corrected chi connectivity index (χ0v) is 17.0. The lowest BCUT2D eigenvalue weighted by atomic mass is 9.94. The third kappa shape index (κ3) is 3.35. The first-order chi connectivity index (χ1) is 14.8. The molecule has 4 rings (SSSR count). The number of amides is 1. The van der Waals surface area contributed by atoms with Crippen LogP contribution in [0.3, 0.4) is 0 Å². The molecule has 1 atom stereocenters. The first kappa shape index (κ1) is 20.3. The van der Waals surface area contributed by atoms with Crippen LogP contribution in [-0.2, 0) is 9.59 Å². The second kappa shape index (κ2) is 7.71. The minimum absolute atomic E-state index is 0.0501. The van der Waals surface area contributed by atoms with Gasteiger partial charge in [-0.25, -0.2) is 4.39 Å². The van der Waals surface area contributed by atoms with Gasteiger partial charge in [-0.3, -0.25) is 14.5 Å². The van der Waals surface area contributed by atoms with Crippen molar-refractivity contribution < 1.29 is 28.3 Å². The maximum atomic E-state index is 14.8. The van der Waals surface area contributed by atoms with Crippen LogP contribution in [0, 0.1) is 19.7 Å². The van der Waals surface area contributed by atoms with E-state index in [2.05, 4.69) is 5.16 Å². The molecule has 1 aliphatic rings. The Balaban J connectivity index is 1.96. The molecule has 3 aromatic rings. The van der Waals surface area contributed by atoms with Crippen LogP contribution in [0.1, 0.15) is 28.5 Å². The number of hydrogen-bond donors (Lipinski definition) is 1. The normalized spacial score (nSPS) is 17.9. The fourth-order valence-electron chi connectivity index (χ4n) is 3.71. The summed E-state index contributed by atoms with van der Waals surface area (Å²) in [5, 5.41) is 14.9. The van der Waals surface area contributed by atoms with E-state index in [1.54, 1.807) is 38.1 Å². The molecule has 7 nitrogen and oxygen atoms in total. The van der Waals surface area contributed by atoms with E-state index in [-0.39, 0.29) is 17.0 Å². The van der Waals surface area contributed by atoms with E-state index in [1.165, 1.54) is 31.4 Å². The van der Waals surface area contributed by atoms with Crippen LogP contribution in [0.25, 0.3) is 5.76 Å². The van der Waals surface area contributed by atoms with Gasteiger partial charge in [0.15, 0.2) is 5.82 Å². The monoisotopic (exact) mass is 422 g/mol. The van der Waals surface area contributed by atoms with Crippen LogP contribution in [0.15, 0.2) is 58.6 Å². The molecular formula is C23H19FN2O5. The highest BCUT2D eigenvalue weighted by Crippen LogP contribution is 2.42. The van der Waals surface area contributed by atoms with E-state index in [1.807, 2.05) is 0 Å². The van der Waals surface area contributed by atoms with E-state index in [9.17, 15) is 19.1 Å². The lowest BCUT2D eigenvalue weighted by molar-refractivity contribution is -0.132. The molecule has 1 fully saturated rings. The van der Waals surface area contributed by atoms with Gasteiger partial charge in [0.25, 0.3) is 5.78 Å². The van der Waals surface area contributed by atoms with Crippen LogP contribution < -0.4 is 9.64 Å². The van der Waals surface area contributed by atoms with Gasteiger partial charge in [0.2, 0.25) is 0 Å². The molecule has 1 amide bonds. The number of aryl methyl sites for hydroxylation is 2. The van der Waals surface area contributed by atoms with Crippen molar-refractivity contribution in [2.45, 2.75) is 19.9 Å². The number of aliphatic hydroxyl groups excluding tert-OH is 1. The number of nitrogens with zero attached hydrogens (tertiary/aromatic N) is 2. The Labute approximate surface area is 177 Å². The fraction of sp³-hybridized carbons (Fsp3) is 0.174. The molecule has 158 valence electrons. The largest absolute Gasteiger partial charge is 0.507 e. The average molecular weight is 422 g/mol. The van der Waals surface area contributed by atoms with E-state index >= 15 is 0 Å². The Morgan fingerprint density at radius 1 is 1.16 bits per heavy atom. The zero-order valence-electron chi connectivity index (χ0n) is 17.0. The summed E-state index contributed by atoms with van der Waals surface area (Å²) in [6, 6.07) is 10.8. The Bertz CT molecular complexity index is 1230. The number of aromatic nitrogens is 1. The molecule has 0 bridgehead atoms. The summed E-state index contributed by atoms with van der Waals surface area (Å²) < 4.78 is 25.1. The topological polar surface area (TPSA) is 92.9 Å². The van der Waals surface area contributed by atoms with Gasteiger partial charge in [0.1, 0.15) is 23.1 Å². The molecule has 8 heteroatoms. The second-order valence-corrected chi connectivity index (χ2v) is 7.17. The number of anilines is 1. The number of Topliss-reactive ketones (excluding diaryl/α,β-unsaturated/α-hetero) is 1. The summed E-state index contributed by atoms with van der Waals surface area (Å²) in [6.07, 6.45) is 0. The van der Waals surface area contributed by atoms with Crippen LogP contribution in [0.4, 0.5) is 10.2 Å². The highest BCUT2D eigenvalue weighted by atomic mass is 19.1. The van der Waals surface area contributed by atoms with Gasteiger partial charge in [-0.1, -0.05) is 23.4 Å². The maximum absolute atomic E-state index is 14.8. The van der Waals surface area contributed by atoms with Gasteiger partial charge in [0.05, 0.1) is 18.7 Å². The summed E-state index contributed by atoms with van der Waals surface area (Å²) in [5.41, 5.74) is 0.832. The molecule has 0 spiro atoms. The zero-order chi connectivity index (χ0) is 22.3. The van der Waals surface area contributed by atoms with Gasteiger partial charge in [-0.15, -0.1) is 0 Å². The number of halogens is 1. The number of carbonyl (C=O) groups is 2. The SMILES string of the molecule is COc1ccc(C(O)=C2C(=O)C(=O)N(c3cc(C)on3)[C@H]2c2ccccc2F)cc1C. The van der Waals surface area contributed by atoms with Gasteiger partial charge in [0, 0.05) is 17.2 Å². The number of rotatable bonds is 4. The van der Waals surface area contributed by atoms with E-state index < -0.39 is 29.3 Å². The summed E-state index contributed by atoms with van der Waals surface area (Å²) in [6.45, 7) is 3.41. The molecule has 2 aromatic carbocycles. The Kier molecular flexibility index (Phi) is 5.06. The third-order valence-electron chi connectivity index (χ3n) is 5.17. The molecule has 0 unspecified atom stereocenters. The van der Waals surface area contributed by atoms with Gasteiger partial charge < -0.3 is 14.4 Å². The number of carbonyl (C=O) groups excluding carboxylic acids is 2. The molecule has 0 aliphatic carbocycles. The number of benzene rings is 2. The molecule has 31 heavy (non-hydrogen) atoms. The van der Waals surface area contributed by atoms with Gasteiger partial charge in [-0.05, 0) is 43.7 Å². The van der Waals surface area contributed by atoms with Crippen molar-refractivity contribution in [1.82, 2.24) is 5.16 Å². The molecule has 2 heterocycles. The minimum Gasteiger partial charge on any atom is -0.507 e. The molecule has 1 aromatic heterocycles. The Morgan fingerprint density at radius 2 is 1.90 bits per heavy atom. The van der Waals surface area contributed by atoms with Crippen molar-refractivity contribution in [3.63, 3.8) is 0 Å². The highest BCUT2D eigenvalue weighted by molar-refractivity contribution is 6.51. The van der Waals surface area contributed by atoms with Crippen molar-refractivity contribution in [2.24, 2.45) is 0 Å². The van der Waals surface area contributed by atoms with Crippen molar-refractivity contribution in [1.29, 1.82) is 0 Å². The molecule has 1 N–H and O–H groups in total. The van der Waals surface area contributed by atoms with E-state index in [4.69, 9.17) is 9.26 Å². The van der Waals surface area contributed by atoms with Gasteiger partial charge in [-0.2, -0.15) is 0 Å². The number of methoxy groups -OCH3 is 1. The predicted octanol–water partition coefficient (Wildman–Crippen LogP) is 4.07. The quantitative estimate of drug-likeness (QED) is 0.387. The average Bonchev–Trinajstić information content (AvgIpc) is 3.28. The molecule has 1 aliphatic heterocycles. The van der Waals surface area contributed by atoms with E-state index in [0.717, 1.165) is 10.5 Å². The number of aliphatic hydroxyl groups is 1. The minimum atomic E-state index is -1.21. The van der Waals surface area contributed by atoms with Crippen molar-refractivity contribution in [3.8, 4) is 5.75 Å². The number of ether oxygens (including phenoxy) is 1. The van der Waals surface area contributed by atoms with Crippen LogP contribution in [0.2, 0.25) is 0 Å². The fourth-order valence-corrected chi connectivity index (χ4v) is 3.71. The summed E-state index contributed by atoms with van der Waals surface area (Å²) >= 11 is 0. The summed E-state index contributed by atoms with van der Waals surface area (Å²) in [4.78, 5) is 27.0. The third-order valence-corrected chi connectivity index (χ3v) is 5.17. The number of ketones is 1. The second-order valence-electron chi connectivity index (χ2n) is 7.17. The lowest BCUT2D eigenvalue weighted by Gasteiger charge is -2.23.